The molecule has 4 aromatic rings. The number of hydrogen-bond acceptors (Lipinski definition) is 3. The molecule has 0 spiro atoms. The third kappa shape index (κ3) is 4.24. The van der Waals surface area contributed by atoms with E-state index in [1.54, 1.807) is 17.0 Å². The number of pyridine rings is 1. The molecule has 6 nitrogen and oxygen atoms in total. The summed E-state index contributed by atoms with van der Waals surface area (Å²) in [6.45, 7) is 5.29. The third-order valence-corrected chi connectivity index (χ3v) is 9.08. The van der Waals surface area contributed by atoms with Crippen LogP contribution in [-0.2, 0) is 19.0 Å². The number of alkyl halides is 2. The highest BCUT2D eigenvalue weighted by Gasteiger charge is 2.60. The first-order chi connectivity index (χ1) is 18.7. The Balaban J connectivity index is 1.30. The molecule has 3 aromatic heterocycles. The molecule has 8 heteroatoms. The van der Waals surface area contributed by atoms with E-state index < -0.39 is 11.3 Å². The Bertz CT molecular complexity index is 1600. The van der Waals surface area contributed by atoms with Gasteiger partial charge in [0.15, 0.2) is 0 Å². The van der Waals surface area contributed by atoms with Crippen molar-refractivity contribution in [3.8, 4) is 5.69 Å². The van der Waals surface area contributed by atoms with Crippen LogP contribution in [0.3, 0.4) is 0 Å². The average Bonchev–Trinajstić information content (AvgIpc) is 3.50. The normalized spacial score (nSPS) is 22.7. The van der Waals surface area contributed by atoms with Gasteiger partial charge in [-0.1, -0.05) is 19.1 Å². The summed E-state index contributed by atoms with van der Waals surface area (Å²) < 4.78 is 32.2. The highest BCUT2D eigenvalue weighted by Crippen LogP contribution is 2.56. The summed E-state index contributed by atoms with van der Waals surface area (Å²) in [6.07, 6.45) is 9.60. The Kier molecular flexibility index (Phi) is 5.64. The van der Waals surface area contributed by atoms with Gasteiger partial charge in [-0.25, -0.2) is 13.8 Å². The SMILES string of the molecule is C[C@H]1CCCN(Cc2cc3c(C4CC4)cn(-c4cccc(C5(c6nccn6C)CC(F)(F)C5)c4)c(=O)c3[nH]2)C1. The fraction of sp³-hybridized carbons (Fsp3) is 0.484. The van der Waals surface area contributed by atoms with Crippen LogP contribution < -0.4 is 5.56 Å². The Hall–Kier alpha value is -3.26. The predicted octanol–water partition coefficient (Wildman–Crippen LogP) is 5.88. The maximum atomic E-state index is 14.3. The number of benzene rings is 1. The number of fused-ring (bicyclic) bond motifs is 1. The number of aromatic nitrogens is 4. The van der Waals surface area contributed by atoms with Crippen molar-refractivity contribution in [2.45, 2.75) is 69.2 Å². The summed E-state index contributed by atoms with van der Waals surface area (Å²) in [5.41, 5.74) is 3.40. The highest BCUT2D eigenvalue weighted by atomic mass is 19.3. The molecule has 0 bridgehead atoms. The molecule has 2 aliphatic carbocycles. The molecule has 1 aliphatic heterocycles. The minimum absolute atomic E-state index is 0.102. The summed E-state index contributed by atoms with van der Waals surface area (Å²) in [6, 6.07) is 9.75. The maximum absolute atomic E-state index is 14.3. The van der Waals surface area contributed by atoms with Gasteiger partial charge in [0.25, 0.3) is 11.5 Å². The van der Waals surface area contributed by atoms with Crippen LogP contribution in [0.5, 0.6) is 0 Å². The molecule has 3 fully saturated rings. The third-order valence-electron chi connectivity index (χ3n) is 9.08. The molecule has 0 amide bonds. The number of rotatable bonds is 6. The highest BCUT2D eigenvalue weighted by molar-refractivity contribution is 5.84. The van der Waals surface area contributed by atoms with E-state index in [0.717, 1.165) is 49.1 Å². The van der Waals surface area contributed by atoms with E-state index in [1.165, 1.54) is 18.4 Å². The van der Waals surface area contributed by atoms with Gasteiger partial charge in [-0.05, 0) is 73.4 Å². The molecule has 39 heavy (non-hydrogen) atoms. The first-order valence-corrected chi connectivity index (χ1v) is 14.2. The van der Waals surface area contributed by atoms with Gasteiger partial charge < -0.3 is 9.55 Å². The Morgan fingerprint density at radius 1 is 1.15 bits per heavy atom. The summed E-state index contributed by atoms with van der Waals surface area (Å²) in [5, 5.41) is 1.03. The van der Waals surface area contributed by atoms with Crippen molar-refractivity contribution in [1.29, 1.82) is 0 Å². The van der Waals surface area contributed by atoms with Crippen molar-refractivity contribution >= 4 is 10.9 Å². The number of imidazole rings is 1. The number of piperidine rings is 1. The molecule has 204 valence electrons. The van der Waals surface area contributed by atoms with Crippen LogP contribution in [0.15, 0.2) is 53.7 Å². The second kappa shape index (κ2) is 8.88. The zero-order chi connectivity index (χ0) is 26.9. The molecule has 1 saturated heterocycles. The molecule has 0 unspecified atom stereocenters. The van der Waals surface area contributed by atoms with Gasteiger partial charge in [-0.15, -0.1) is 0 Å². The van der Waals surface area contributed by atoms with E-state index in [0.29, 0.717) is 28.9 Å². The van der Waals surface area contributed by atoms with E-state index in [9.17, 15) is 13.6 Å². The summed E-state index contributed by atoms with van der Waals surface area (Å²) in [7, 11) is 1.85. The first-order valence-electron chi connectivity index (χ1n) is 14.2. The number of aromatic amines is 1. The van der Waals surface area contributed by atoms with Gasteiger partial charge in [0, 0.05) is 68.3 Å². The predicted molar refractivity (Wildman–Crippen MR) is 148 cm³/mol. The van der Waals surface area contributed by atoms with Gasteiger partial charge in [0.1, 0.15) is 11.3 Å². The fourth-order valence-corrected chi connectivity index (χ4v) is 7.07. The lowest BCUT2D eigenvalue weighted by molar-refractivity contribution is -0.116. The Labute approximate surface area is 226 Å². The van der Waals surface area contributed by atoms with Gasteiger partial charge in [-0.3, -0.25) is 14.3 Å². The molecule has 2 saturated carbocycles. The van der Waals surface area contributed by atoms with Crippen molar-refractivity contribution < 1.29 is 8.78 Å². The number of hydrogen-bond donors (Lipinski definition) is 1. The van der Waals surface area contributed by atoms with Crippen molar-refractivity contribution in [2.75, 3.05) is 13.1 Å². The topological polar surface area (TPSA) is 58.9 Å². The van der Waals surface area contributed by atoms with Crippen LogP contribution in [0.1, 0.15) is 74.0 Å². The molecular weight excluding hydrogens is 496 g/mol. The summed E-state index contributed by atoms with van der Waals surface area (Å²) >= 11 is 0. The number of likely N-dealkylation sites (tertiary alicyclic amines) is 1. The van der Waals surface area contributed by atoms with Crippen LogP contribution in [-0.4, -0.2) is 43.0 Å². The van der Waals surface area contributed by atoms with Crippen LogP contribution >= 0.6 is 0 Å². The maximum Gasteiger partial charge on any atom is 0.279 e. The number of H-pyrrole nitrogens is 1. The van der Waals surface area contributed by atoms with E-state index >= 15 is 0 Å². The standard InChI is InChI=1S/C31H35F2N5O/c1-20-5-4-11-37(15-20)16-23-14-25-26(21-8-9-21)17-38(28(39)27(25)35-23)24-7-3-6-22(13-24)30(18-31(32,33)19-30)29-34-10-12-36(29)2/h3,6-7,10,12-14,17,20-21,35H,4-5,8-9,11,15-16,18-19H2,1-2H3/t20-/m0/s1. The van der Waals surface area contributed by atoms with Crippen LogP contribution in [0, 0.1) is 5.92 Å². The van der Waals surface area contributed by atoms with E-state index in [1.807, 2.05) is 42.1 Å². The average molecular weight is 532 g/mol. The zero-order valence-corrected chi connectivity index (χ0v) is 22.6. The van der Waals surface area contributed by atoms with Gasteiger partial charge >= 0.3 is 0 Å². The smallest absolute Gasteiger partial charge is 0.279 e. The number of nitrogens with zero attached hydrogens (tertiary/aromatic N) is 4. The molecule has 0 radical (unpaired) electrons. The lowest BCUT2D eigenvalue weighted by Gasteiger charge is -2.47. The Morgan fingerprint density at radius 2 is 1.97 bits per heavy atom. The summed E-state index contributed by atoms with van der Waals surface area (Å²) in [4.78, 5) is 24.3. The zero-order valence-electron chi connectivity index (χ0n) is 22.6. The van der Waals surface area contributed by atoms with E-state index in [2.05, 4.69) is 27.9 Å². The van der Waals surface area contributed by atoms with Gasteiger partial charge in [0.05, 0.1) is 5.41 Å². The fourth-order valence-electron chi connectivity index (χ4n) is 7.07. The van der Waals surface area contributed by atoms with Gasteiger partial charge in [-0.2, -0.15) is 0 Å². The molecule has 1 N–H and O–H groups in total. The van der Waals surface area contributed by atoms with Crippen molar-refractivity contribution in [3.63, 3.8) is 0 Å². The lowest BCUT2D eigenvalue weighted by atomic mass is 9.61. The number of nitrogens with one attached hydrogen (secondary N) is 1. The van der Waals surface area contributed by atoms with Crippen LogP contribution in [0.25, 0.3) is 16.6 Å². The number of aryl methyl sites for hydroxylation is 1. The second-order valence-electron chi connectivity index (χ2n) is 12.3. The molecule has 4 heterocycles. The summed E-state index contributed by atoms with van der Waals surface area (Å²) in [5.74, 6) is -0.957. The molecular formula is C31H35F2N5O. The van der Waals surface area contributed by atoms with Crippen LogP contribution in [0.4, 0.5) is 8.78 Å². The number of halogens is 2. The minimum Gasteiger partial charge on any atom is -0.353 e. The van der Waals surface area contributed by atoms with Crippen molar-refractivity contribution in [1.82, 2.24) is 24.0 Å². The lowest BCUT2D eigenvalue weighted by Crippen LogP contribution is -2.51. The first kappa shape index (κ1) is 24.8. The van der Waals surface area contributed by atoms with Crippen molar-refractivity contribution in [3.05, 3.63) is 81.9 Å². The largest absolute Gasteiger partial charge is 0.353 e. The van der Waals surface area contributed by atoms with Crippen molar-refractivity contribution in [2.24, 2.45) is 13.0 Å². The Morgan fingerprint density at radius 3 is 2.67 bits per heavy atom. The second-order valence-corrected chi connectivity index (χ2v) is 12.3. The quantitative estimate of drug-likeness (QED) is 0.338. The van der Waals surface area contributed by atoms with E-state index in [4.69, 9.17) is 0 Å². The monoisotopic (exact) mass is 531 g/mol. The molecule has 3 aliphatic rings. The molecule has 1 atom stereocenters. The minimum atomic E-state index is -2.73. The van der Waals surface area contributed by atoms with Crippen LogP contribution in [0.2, 0.25) is 0 Å². The van der Waals surface area contributed by atoms with E-state index in [-0.39, 0.29) is 18.4 Å². The molecule has 7 rings (SSSR count). The van der Waals surface area contributed by atoms with Gasteiger partial charge in [0.2, 0.25) is 0 Å². The molecule has 1 aromatic carbocycles.